The van der Waals surface area contributed by atoms with E-state index in [1.54, 1.807) is 12.1 Å². The molecule has 4 rings (SSSR count). The minimum atomic E-state index is -0.365. The van der Waals surface area contributed by atoms with Crippen LogP contribution in [0.3, 0.4) is 0 Å². The molecule has 3 aromatic rings. The van der Waals surface area contributed by atoms with Crippen LogP contribution in [0.25, 0.3) is 22.5 Å². The van der Waals surface area contributed by atoms with E-state index in [9.17, 15) is 9.18 Å². The molecule has 0 saturated carbocycles. The standard InChI is InChI=1S/C27H31FN4O/c1-27(2,3)26(33)30-17-19-13-15-32(16-14-19)23-18-29-24(21-9-11-22(28)12-10-21)25(31-23)20-7-5-4-6-8-20/h4-12,18-19H,13-17H2,1-3H3,(H,30,33). The fraction of sp³-hybridized carbons (Fsp3) is 0.370. The largest absolute Gasteiger partial charge is 0.355 e. The number of nitrogens with one attached hydrogen (secondary N) is 1. The molecule has 1 amide bonds. The number of piperidine rings is 1. The van der Waals surface area contributed by atoms with Crippen molar-refractivity contribution >= 4 is 11.7 Å². The molecule has 33 heavy (non-hydrogen) atoms. The number of carbonyl (C=O) groups is 1. The second-order valence-electron chi connectivity index (χ2n) is 9.69. The lowest BCUT2D eigenvalue weighted by Gasteiger charge is -2.33. The Hall–Kier alpha value is -3.28. The second kappa shape index (κ2) is 9.69. The van der Waals surface area contributed by atoms with Crippen LogP contribution in [0, 0.1) is 17.2 Å². The maximum absolute atomic E-state index is 13.5. The first-order chi connectivity index (χ1) is 15.8. The summed E-state index contributed by atoms with van der Waals surface area (Å²) >= 11 is 0. The van der Waals surface area contributed by atoms with Gasteiger partial charge in [-0.2, -0.15) is 0 Å². The number of benzene rings is 2. The molecule has 5 nitrogen and oxygen atoms in total. The van der Waals surface area contributed by atoms with Crippen LogP contribution in [0.4, 0.5) is 10.2 Å². The van der Waals surface area contributed by atoms with E-state index in [-0.39, 0.29) is 17.1 Å². The van der Waals surface area contributed by atoms with Gasteiger partial charge < -0.3 is 10.2 Å². The molecule has 1 aliphatic rings. The zero-order valence-electron chi connectivity index (χ0n) is 19.5. The Morgan fingerprint density at radius 3 is 2.27 bits per heavy atom. The zero-order valence-corrected chi connectivity index (χ0v) is 19.5. The quantitative estimate of drug-likeness (QED) is 0.576. The summed E-state index contributed by atoms with van der Waals surface area (Å²) in [6.45, 7) is 8.26. The predicted molar refractivity (Wildman–Crippen MR) is 130 cm³/mol. The van der Waals surface area contributed by atoms with Gasteiger partial charge in [-0.1, -0.05) is 51.1 Å². The first-order valence-corrected chi connectivity index (χ1v) is 11.5. The summed E-state index contributed by atoms with van der Waals surface area (Å²) in [4.78, 5) is 24.2. The van der Waals surface area contributed by atoms with Crippen molar-refractivity contribution < 1.29 is 9.18 Å². The van der Waals surface area contributed by atoms with E-state index in [0.29, 0.717) is 12.5 Å². The van der Waals surface area contributed by atoms with Crippen molar-refractivity contribution in [3.63, 3.8) is 0 Å². The summed E-state index contributed by atoms with van der Waals surface area (Å²) in [6.07, 6.45) is 3.80. The lowest BCUT2D eigenvalue weighted by atomic mass is 9.93. The van der Waals surface area contributed by atoms with Crippen LogP contribution in [0.2, 0.25) is 0 Å². The zero-order chi connectivity index (χ0) is 23.4. The molecular formula is C27H31FN4O. The number of aromatic nitrogens is 2. The van der Waals surface area contributed by atoms with Gasteiger partial charge in [-0.15, -0.1) is 0 Å². The van der Waals surface area contributed by atoms with Crippen molar-refractivity contribution in [3.05, 3.63) is 66.6 Å². The molecule has 1 saturated heterocycles. The van der Waals surface area contributed by atoms with E-state index in [1.807, 2.05) is 57.3 Å². The van der Waals surface area contributed by atoms with Gasteiger partial charge in [0, 0.05) is 36.2 Å². The number of hydrogen-bond acceptors (Lipinski definition) is 4. The maximum atomic E-state index is 13.5. The normalized spacial score (nSPS) is 14.8. The SMILES string of the molecule is CC(C)(C)C(=O)NCC1CCN(c2cnc(-c3ccc(F)cc3)c(-c3ccccc3)n2)CC1. The molecule has 1 N–H and O–H groups in total. The van der Waals surface area contributed by atoms with Crippen molar-refractivity contribution in [2.24, 2.45) is 11.3 Å². The van der Waals surface area contributed by atoms with Crippen LogP contribution in [0.5, 0.6) is 0 Å². The van der Waals surface area contributed by atoms with Crippen LogP contribution >= 0.6 is 0 Å². The third-order valence-electron chi connectivity index (χ3n) is 6.10. The van der Waals surface area contributed by atoms with Crippen molar-refractivity contribution in [1.82, 2.24) is 15.3 Å². The molecule has 0 unspecified atom stereocenters. The Labute approximate surface area is 195 Å². The van der Waals surface area contributed by atoms with Gasteiger partial charge in [0.2, 0.25) is 5.91 Å². The van der Waals surface area contributed by atoms with E-state index in [2.05, 4.69) is 10.2 Å². The molecule has 2 heterocycles. The van der Waals surface area contributed by atoms with E-state index >= 15 is 0 Å². The van der Waals surface area contributed by atoms with E-state index in [1.165, 1.54) is 12.1 Å². The molecule has 0 radical (unpaired) electrons. The average Bonchev–Trinajstić information content (AvgIpc) is 2.83. The van der Waals surface area contributed by atoms with Gasteiger partial charge in [0.25, 0.3) is 0 Å². The van der Waals surface area contributed by atoms with Crippen LogP contribution in [0.15, 0.2) is 60.8 Å². The second-order valence-corrected chi connectivity index (χ2v) is 9.69. The summed E-state index contributed by atoms with van der Waals surface area (Å²) < 4.78 is 13.5. The highest BCUT2D eigenvalue weighted by Crippen LogP contribution is 2.31. The van der Waals surface area contributed by atoms with Crippen molar-refractivity contribution in [1.29, 1.82) is 0 Å². The lowest BCUT2D eigenvalue weighted by Crippen LogP contribution is -2.42. The average molecular weight is 447 g/mol. The van der Waals surface area contributed by atoms with Crippen LogP contribution in [-0.2, 0) is 4.79 Å². The molecule has 2 aromatic carbocycles. The van der Waals surface area contributed by atoms with Crippen LogP contribution in [-0.4, -0.2) is 35.5 Å². The number of amides is 1. The van der Waals surface area contributed by atoms with E-state index < -0.39 is 0 Å². The smallest absolute Gasteiger partial charge is 0.225 e. The maximum Gasteiger partial charge on any atom is 0.225 e. The molecule has 1 fully saturated rings. The van der Waals surface area contributed by atoms with Gasteiger partial charge in [0.1, 0.15) is 11.6 Å². The molecule has 1 aromatic heterocycles. The molecule has 0 bridgehead atoms. The van der Waals surface area contributed by atoms with Crippen LogP contribution in [0.1, 0.15) is 33.6 Å². The monoisotopic (exact) mass is 446 g/mol. The summed E-state index contributed by atoms with van der Waals surface area (Å²) in [5.74, 6) is 1.13. The summed E-state index contributed by atoms with van der Waals surface area (Å²) in [7, 11) is 0. The van der Waals surface area contributed by atoms with Crippen LogP contribution < -0.4 is 10.2 Å². The number of halogens is 1. The molecule has 6 heteroatoms. The highest BCUT2D eigenvalue weighted by molar-refractivity contribution is 5.81. The lowest BCUT2D eigenvalue weighted by molar-refractivity contribution is -0.128. The predicted octanol–water partition coefficient (Wildman–Crippen LogP) is 5.33. The molecule has 172 valence electrons. The Bertz CT molecular complexity index is 1090. The first-order valence-electron chi connectivity index (χ1n) is 11.5. The summed E-state index contributed by atoms with van der Waals surface area (Å²) in [6, 6.07) is 16.3. The first kappa shape index (κ1) is 22.9. The summed E-state index contributed by atoms with van der Waals surface area (Å²) in [5.41, 5.74) is 2.98. The number of rotatable bonds is 5. The molecule has 0 spiro atoms. The molecule has 1 aliphatic heterocycles. The minimum absolute atomic E-state index is 0.0969. The Morgan fingerprint density at radius 1 is 1.00 bits per heavy atom. The number of nitrogens with zero attached hydrogens (tertiary/aromatic N) is 3. The Kier molecular flexibility index (Phi) is 6.72. The molecular weight excluding hydrogens is 415 g/mol. The third kappa shape index (κ3) is 5.56. The summed E-state index contributed by atoms with van der Waals surface area (Å²) in [5, 5.41) is 3.10. The van der Waals surface area contributed by atoms with Crippen molar-refractivity contribution in [2.45, 2.75) is 33.6 Å². The number of anilines is 1. The van der Waals surface area contributed by atoms with Gasteiger partial charge >= 0.3 is 0 Å². The van der Waals surface area contributed by atoms with Gasteiger partial charge in [-0.3, -0.25) is 9.78 Å². The topological polar surface area (TPSA) is 58.1 Å². The van der Waals surface area contributed by atoms with Crippen molar-refractivity contribution in [3.8, 4) is 22.5 Å². The Balaban J connectivity index is 1.51. The van der Waals surface area contributed by atoms with Crippen molar-refractivity contribution in [2.75, 3.05) is 24.5 Å². The Morgan fingerprint density at radius 2 is 1.64 bits per heavy atom. The molecule has 0 aliphatic carbocycles. The molecule has 0 atom stereocenters. The third-order valence-corrected chi connectivity index (χ3v) is 6.10. The number of carbonyl (C=O) groups excluding carboxylic acids is 1. The van der Waals surface area contributed by atoms with Gasteiger partial charge in [-0.05, 0) is 43.0 Å². The fourth-order valence-corrected chi connectivity index (χ4v) is 4.02. The fourth-order valence-electron chi connectivity index (χ4n) is 4.02. The van der Waals surface area contributed by atoms with Gasteiger partial charge in [0.05, 0.1) is 17.6 Å². The van der Waals surface area contributed by atoms with E-state index in [0.717, 1.165) is 54.3 Å². The minimum Gasteiger partial charge on any atom is -0.355 e. The van der Waals surface area contributed by atoms with Gasteiger partial charge in [-0.25, -0.2) is 9.37 Å². The number of hydrogen-bond donors (Lipinski definition) is 1. The van der Waals surface area contributed by atoms with Gasteiger partial charge in [0.15, 0.2) is 0 Å². The van der Waals surface area contributed by atoms with E-state index in [4.69, 9.17) is 9.97 Å². The highest BCUT2D eigenvalue weighted by Gasteiger charge is 2.25. The highest BCUT2D eigenvalue weighted by atomic mass is 19.1.